The maximum absolute atomic E-state index is 12.6. The monoisotopic (exact) mass is 340 g/mol. The minimum absolute atomic E-state index is 0.217. The van der Waals surface area contributed by atoms with Gasteiger partial charge in [0.25, 0.3) is 5.91 Å². The molecule has 0 aliphatic heterocycles. The molecule has 5 nitrogen and oxygen atoms in total. The minimum Gasteiger partial charge on any atom is -0.354 e. The SMILES string of the molecule is Cc1cc(C(=O)Nc2ccccc2C(C)C)nc(NCCC(C)C)n1. The van der Waals surface area contributed by atoms with Crippen molar-refractivity contribution in [2.24, 2.45) is 5.92 Å². The van der Waals surface area contributed by atoms with E-state index in [1.165, 1.54) is 0 Å². The molecule has 0 spiro atoms. The van der Waals surface area contributed by atoms with Crippen LogP contribution in [0, 0.1) is 12.8 Å². The molecule has 134 valence electrons. The molecule has 1 aromatic heterocycles. The summed E-state index contributed by atoms with van der Waals surface area (Å²) >= 11 is 0. The van der Waals surface area contributed by atoms with Crippen molar-refractivity contribution < 1.29 is 4.79 Å². The Morgan fingerprint density at radius 3 is 2.52 bits per heavy atom. The second-order valence-corrected chi connectivity index (χ2v) is 7.02. The third kappa shape index (κ3) is 5.55. The molecule has 2 N–H and O–H groups in total. The summed E-state index contributed by atoms with van der Waals surface area (Å²) in [6.07, 6.45) is 1.03. The molecule has 1 aromatic carbocycles. The van der Waals surface area contributed by atoms with E-state index in [1.54, 1.807) is 6.07 Å². The van der Waals surface area contributed by atoms with Gasteiger partial charge in [-0.05, 0) is 42.9 Å². The number of nitrogens with zero attached hydrogens (tertiary/aromatic N) is 2. The van der Waals surface area contributed by atoms with Crippen molar-refractivity contribution in [1.29, 1.82) is 0 Å². The predicted molar refractivity (Wildman–Crippen MR) is 103 cm³/mol. The minimum atomic E-state index is -0.217. The van der Waals surface area contributed by atoms with E-state index in [-0.39, 0.29) is 5.91 Å². The maximum Gasteiger partial charge on any atom is 0.274 e. The van der Waals surface area contributed by atoms with E-state index in [0.29, 0.717) is 23.5 Å². The number of aryl methyl sites for hydroxylation is 1. The Bertz CT molecular complexity index is 725. The molecular formula is C20H28N4O. The largest absolute Gasteiger partial charge is 0.354 e. The molecule has 2 aromatic rings. The van der Waals surface area contributed by atoms with Crippen molar-refractivity contribution in [3.8, 4) is 0 Å². The van der Waals surface area contributed by atoms with Crippen molar-refractivity contribution in [2.75, 3.05) is 17.2 Å². The Balaban J connectivity index is 2.15. The van der Waals surface area contributed by atoms with Gasteiger partial charge in [-0.25, -0.2) is 9.97 Å². The van der Waals surface area contributed by atoms with E-state index in [2.05, 4.69) is 48.3 Å². The zero-order valence-corrected chi connectivity index (χ0v) is 15.8. The van der Waals surface area contributed by atoms with Gasteiger partial charge >= 0.3 is 0 Å². The lowest BCUT2D eigenvalue weighted by atomic mass is 10.0. The van der Waals surface area contributed by atoms with Crippen molar-refractivity contribution >= 4 is 17.5 Å². The van der Waals surface area contributed by atoms with E-state index >= 15 is 0 Å². The number of carbonyl (C=O) groups excluding carboxylic acids is 1. The van der Waals surface area contributed by atoms with E-state index in [4.69, 9.17) is 0 Å². The van der Waals surface area contributed by atoms with Crippen LogP contribution in [-0.4, -0.2) is 22.4 Å². The molecule has 1 heterocycles. The molecule has 0 aliphatic carbocycles. The highest BCUT2D eigenvalue weighted by Gasteiger charge is 2.14. The van der Waals surface area contributed by atoms with Gasteiger partial charge in [0.1, 0.15) is 5.69 Å². The van der Waals surface area contributed by atoms with E-state index in [0.717, 1.165) is 29.9 Å². The highest BCUT2D eigenvalue weighted by Crippen LogP contribution is 2.24. The van der Waals surface area contributed by atoms with Crippen molar-refractivity contribution in [3.05, 3.63) is 47.3 Å². The number of rotatable bonds is 7. The van der Waals surface area contributed by atoms with Crippen LogP contribution in [0.4, 0.5) is 11.6 Å². The normalized spacial score (nSPS) is 11.0. The number of amides is 1. The summed E-state index contributed by atoms with van der Waals surface area (Å²) in [7, 11) is 0. The summed E-state index contributed by atoms with van der Waals surface area (Å²) in [6, 6.07) is 9.57. The molecule has 25 heavy (non-hydrogen) atoms. The van der Waals surface area contributed by atoms with Gasteiger partial charge in [-0.3, -0.25) is 4.79 Å². The summed E-state index contributed by atoms with van der Waals surface area (Å²) in [5.74, 6) is 1.22. The van der Waals surface area contributed by atoms with Crippen LogP contribution in [0.5, 0.6) is 0 Å². The van der Waals surface area contributed by atoms with Gasteiger partial charge in [-0.1, -0.05) is 45.9 Å². The van der Waals surface area contributed by atoms with Gasteiger partial charge in [0.15, 0.2) is 0 Å². The quantitative estimate of drug-likeness (QED) is 0.772. The van der Waals surface area contributed by atoms with Crippen molar-refractivity contribution in [1.82, 2.24) is 9.97 Å². The van der Waals surface area contributed by atoms with Crippen LogP contribution in [0.25, 0.3) is 0 Å². The molecule has 0 unspecified atom stereocenters. The molecule has 5 heteroatoms. The molecule has 1 amide bonds. The van der Waals surface area contributed by atoms with Crippen LogP contribution < -0.4 is 10.6 Å². The van der Waals surface area contributed by atoms with E-state index in [9.17, 15) is 4.79 Å². The molecule has 0 saturated carbocycles. The number of anilines is 2. The van der Waals surface area contributed by atoms with Gasteiger partial charge in [-0.15, -0.1) is 0 Å². The second kappa shape index (κ2) is 8.60. The molecule has 0 bridgehead atoms. The Morgan fingerprint density at radius 2 is 1.84 bits per heavy atom. The first-order valence-electron chi connectivity index (χ1n) is 8.86. The van der Waals surface area contributed by atoms with E-state index < -0.39 is 0 Å². The van der Waals surface area contributed by atoms with Crippen LogP contribution in [0.2, 0.25) is 0 Å². The number of nitrogens with one attached hydrogen (secondary N) is 2. The fourth-order valence-corrected chi connectivity index (χ4v) is 2.54. The first-order chi connectivity index (χ1) is 11.9. The van der Waals surface area contributed by atoms with Crippen LogP contribution >= 0.6 is 0 Å². The highest BCUT2D eigenvalue weighted by molar-refractivity contribution is 6.03. The maximum atomic E-state index is 12.6. The number of para-hydroxylation sites is 1. The topological polar surface area (TPSA) is 66.9 Å². The average molecular weight is 340 g/mol. The van der Waals surface area contributed by atoms with Gasteiger partial charge in [0.05, 0.1) is 0 Å². The average Bonchev–Trinajstić information content (AvgIpc) is 2.54. The lowest BCUT2D eigenvalue weighted by Crippen LogP contribution is -2.17. The summed E-state index contributed by atoms with van der Waals surface area (Å²) in [6.45, 7) is 11.2. The Labute approximate surface area is 150 Å². The Kier molecular flexibility index (Phi) is 6.51. The molecule has 0 saturated heterocycles. The number of benzene rings is 1. The fraction of sp³-hybridized carbons (Fsp3) is 0.450. The summed E-state index contributed by atoms with van der Waals surface area (Å²) < 4.78 is 0. The molecule has 0 atom stereocenters. The second-order valence-electron chi connectivity index (χ2n) is 7.02. The van der Waals surface area contributed by atoms with Crippen LogP contribution in [0.1, 0.15) is 61.8 Å². The van der Waals surface area contributed by atoms with Crippen LogP contribution in [-0.2, 0) is 0 Å². The first kappa shape index (κ1) is 18.9. The number of hydrogen-bond donors (Lipinski definition) is 2. The Hall–Kier alpha value is -2.43. The predicted octanol–water partition coefficient (Wildman–Crippen LogP) is 4.62. The zero-order valence-electron chi connectivity index (χ0n) is 15.8. The lowest BCUT2D eigenvalue weighted by molar-refractivity contribution is 0.102. The van der Waals surface area contributed by atoms with Crippen molar-refractivity contribution in [3.63, 3.8) is 0 Å². The molecule has 2 rings (SSSR count). The third-order valence-electron chi connectivity index (χ3n) is 3.92. The van der Waals surface area contributed by atoms with E-state index in [1.807, 2.05) is 31.2 Å². The number of hydrogen-bond acceptors (Lipinski definition) is 4. The van der Waals surface area contributed by atoms with Gasteiger partial charge in [0, 0.05) is 17.9 Å². The van der Waals surface area contributed by atoms with Gasteiger partial charge < -0.3 is 10.6 Å². The van der Waals surface area contributed by atoms with Crippen LogP contribution in [0.15, 0.2) is 30.3 Å². The molecule has 0 fully saturated rings. The Morgan fingerprint density at radius 1 is 1.12 bits per heavy atom. The molecule has 0 aliphatic rings. The lowest BCUT2D eigenvalue weighted by Gasteiger charge is -2.14. The summed E-state index contributed by atoms with van der Waals surface area (Å²) in [5.41, 5.74) is 3.08. The van der Waals surface area contributed by atoms with Crippen molar-refractivity contribution in [2.45, 2.75) is 47.0 Å². The zero-order chi connectivity index (χ0) is 18.4. The summed E-state index contributed by atoms with van der Waals surface area (Å²) in [5, 5.41) is 6.18. The van der Waals surface area contributed by atoms with Gasteiger partial charge in [-0.2, -0.15) is 0 Å². The number of carbonyl (C=O) groups is 1. The van der Waals surface area contributed by atoms with Crippen LogP contribution in [0.3, 0.4) is 0 Å². The fourth-order valence-electron chi connectivity index (χ4n) is 2.54. The molecular weight excluding hydrogens is 312 g/mol. The first-order valence-corrected chi connectivity index (χ1v) is 8.86. The number of aromatic nitrogens is 2. The molecule has 0 radical (unpaired) electrons. The summed E-state index contributed by atoms with van der Waals surface area (Å²) in [4.78, 5) is 21.4. The smallest absolute Gasteiger partial charge is 0.274 e. The standard InChI is InChI=1S/C20H28N4O/c1-13(2)10-11-21-20-22-15(5)12-18(24-20)19(25)23-17-9-7-6-8-16(17)14(3)4/h6-9,12-14H,10-11H2,1-5H3,(H,23,25)(H,21,22,24). The highest BCUT2D eigenvalue weighted by atomic mass is 16.1. The van der Waals surface area contributed by atoms with Gasteiger partial charge in [0.2, 0.25) is 5.95 Å². The third-order valence-corrected chi connectivity index (χ3v) is 3.92.